The molecule has 0 N–H and O–H groups in total. The summed E-state index contributed by atoms with van der Waals surface area (Å²) in [6, 6.07) is 7.39. The molecule has 2 aromatic rings. The first-order valence-corrected chi connectivity index (χ1v) is 6.29. The molecule has 0 radical (unpaired) electrons. The molecule has 0 aliphatic heterocycles. The van der Waals surface area contributed by atoms with Crippen molar-refractivity contribution >= 4 is 21.9 Å². The van der Waals surface area contributed by atoms with E-state index in [1.807, 2.05) is 24.3 Å². The summed E-state index contributed by atoms with van der Waals surface area (Å²) in [6.07, 6.45) is 3.45. The Bertz CT molecular complexity index is 548. The molecule has 5 heteroatoms. The van der Waals surface area contributed by atoms with Gasteiger partial charge < -0.3 is 9.30 Å². The normalized spacial score (nSPS) is 12.2. The Morgan fingerprint density at radius 1 is 1.39 bits per heavy atom. The smallest absolute Gasteiger partial charge is 0.328 e. The number of rotatable bonds is 3. The van der Waals surface area contributed by atoms with Gasteiger partial charge in [-0.1, -0.05) is 28.1 Å². The van der Waals surface area contributed by atoms with Crippen LogP contribution in [-0.4, -0.2) is 22.6 Å². The molecule has 1 unspecified atom stereocenters. The lowest BCUT2D eigenvalue weighted by Gasteiger charge is -2.14. The van der Waals surface area contributed by atoms with E-state index in [1.54, 1.807) is 23.9 Å². The molecule has 18 heavy (non-hydrogen) atoms. The van der Waals surface area contributed by atoms with Crippen molar-refractivity contribution in [1.29, 1.82) is 0 Å². The third-order valence-electron chi connectivity index (χ3n) is 2.73. The number of hydrogen-bond acceptors (Lipinski definition) is 3. The number of aromatic nitrogens is 2. The number of halogens is 1. The van der Waals surface area contributed by atoms with E-state index in [4.69, 9.17) is 4.74 Å². The molecule has 1 aromatic carbocycles. The number of hydrogen-bond donors (Lipinski definition) is 0. The monoisotopic (exact) mass is 308 g/mol. The molecule has 0 saturated heterocycles. The van der Waals surface area contributed by atoms with Gasteiger partial charge in [0.2, 0.25) is 0 Å². The van der Waals surface area contributed by atoms with Gasteiger partial charge in [-0.2, -0.15) is 0 Å². The lowest BCUT2D eigenvalue weighted by atomic mass is 10.2. The second-order valence-corrected chi connectivity index (χ2v) is 4.78. The Morgan fingerprint density at radius 3 is 2.67 bits per heavy atom. The minimum atomic E-state index is -0.392. The van der Waals surface area contributed by atoms with E-state index in [0.29, 0.717) is 0 Å². The summed E-state index contributed by atoms with van der Waals surface area (Å²) < 4.78 is 7.56. The molecule has 94 valence electrons. The summed E-state index contributed by atoms with van der Waals surface area (Å²) in [4.78, 5) is 15.9. The Balaban J connectivity index is 2.38. The first-order chi connectivity index (χ1) is 8.63. The van der Waals surface area contributed by atoms with Gasteiger partial charge in [0.25, 0.3) is 0 Å². The van der Waals surface area contributed by atoms with Gasteiger partial charge in [-0.05, 0) is 19.1 Å². The van der Waals surface area contributed by atoms with E-state index in [-0.39, 0.29) is 5.97 Å². The van der Waals surface area contributed by atoms with Crippen LogP contribution in [0.1, 0.15) is 13.0 Å². The number of ether oxygens (including phenoxy) is 1. The van der Waals surface area contributed by atoms with Crippen LogP contribution >= 0.6 is 15.9 Å². The number of benzene rings is 1. The quantitative estimate of drug-likeness (QED) is 0.819. The Labute approximate surface area is 114 Å². The first kappa shape index (κ1) is 12.8. The van der Waals surface area contributed by atoms with E-state index in [2.05, 4.69) is 20.9 Å². The molecule has 0 amide bonds. The SMILES string of the molecule is COC(=O)C(C)n1ccnc1-c1ccc(Br)cc1. The Kier molecular flexibility index (Phi) is 3.81. The molecule has 0 fully saturated rings. The predicted octanol–water partition coefficient (Wildman–Crippen LogP) is 3.05. The largest absolute Gasteiger partial charge is 0.467 e. The fraction of sp³-hybridized carbons (Fsp3) is 0.231. The summed E-state index contributed by atoms with van der Waals surface area (Å²) >= 11 is 3.39. The molecule has 1 atom stereocenters. The maximum atomic E-state index is 11.6. The van der Waals surface area contributed by atoms with E-state index >= 15 is 0 Å². The van der Waals surface area contributed by atoms with Gasteiger partial charge in [-0.15, -0.1) is 0 Å². The third-order valence-corrected chi connectivity index (χ3v) is 3.26. The summed E-state index contributed by atoms with van der Waals surface area (Å²) in [5, 5.41) is 0. The highest BCUT2D eigenvalue weighted by Crippen LogP contribution is 2.23. The lowest BCUT2D eigenvalue weighted by molar-refractivity contribution is -0.143. The molecule has 0 spiro atoms. The maximum absolute atomic E-state index is 11.6. The van der Waals surface area contributed by atoms with Gasteiger partial charge in [0.1, 0.15) is 11.9 Å². The molecule has 0 bridgehead atoms. The van der Waals surface area contributed by atoms with Gasteiger partial charge >= 0.3 is 5.97 Å². The van der Waals surface area contributed by atoms with Crippen molar-refractivity contribution in [2.24, 2.45) is 0 Å². The number of nitrogens with zero attached hydrogens (tertiary/aromatic N) is 2. The van der Waals surface area contributed by atoms with E-state index in [0.717, 1.165) is 15.9 Å². The molecule has 1 heterocycles. The fourth-order valence-electron chi connectivity index (χ4n) is 1.73. The van der Waals surface area contributed by atoms with Crippen molar-refractivity contribution in [2.75, 3.05) is 7.11 Å². The van der Waals surface area contributed by atoms with E-state index < -0.39 is 6.04 Å². The van der Waals surface area contributed by atoms with Crippen LogP contribution in [0.4, 0.5) is 0 Å². The van der Waals surface area contributed by atoms with Crippen molar-refractivity contribution in [1.82, 2.24) is 9.55 Å². The highest BCUT2D eigenvalue weighted by atomic mass is 79.9. The van der Waals surface area contributed by atoms with Crippen molar-refractivity contribution in [3.63, 3.8) is 0 Å². The number of methoxy groups -OCH3 is 1. The summed E-state index contributed by atoms with van der Waals surface area (Å²) in [5.74, 6) is 0.465. The van der Waals surface area contributed by atoms with Gasteiger partial charge in [0.05, 0.1) is 7.11 Å². The zero-order valence-electron chi connectivity index (χ0n) is 10.1. The highest BCUT2D eigenvalue weighted by Gasteiger charge is 2.18. The second-order valence-electron chi connectivity index (χ2n) is 3.86. The molecular weight excluding hydrogens is 296 g/mol. The number of imidazole rings is 1. The molecule has 0 saturated carbocycles. The van der Waals surface area contributed by atoms with E-state index in [9.17, 15) is 4.79 Å². The van der Waals surface area contributed by atoms with Crippen LogP contribution in [0.2, 0.25) is 0 Å². The van der Waals surface area contributed by atoms with Crippen LogP contribution in [0.25, 0.3) is 11.4 Å². The minimum absolute atomic E-state index is 0.286. The van der Waals surface area contributed by atoms with Gasteiger partial charge in [0.15, 0.2) is 0 Å². The molecule has 2 rings (SSSR count). The highest BCUT2D eigenvalue weighted by molar-refractivity contribution is 9.10. The zero-order valence-corrected chi connectivity index (χ0v) is 11.7. The van der Waals surface area contributed by atoms with E-state index in [1.165, 1.54) is 7.11 Å². The van der Waals surface area contributed by atoms with Crippen LogP contribution in [0, 0.1) is 0 Å². The third kappa shape index (κ3) is 2.46. The average Bonchev–Trinajstić information content (AvgIpc) is 2.87. The van der Waals surface area contributed by atoms with Crippen molar-refractivity contribution < 1.29 is 9.53 Å². The second kappa shape index (κ2) is 5.35. The number of esters is 1. The number of carbonyl (C=O) groups excluding carboxylic acids is 1. The molecule has 4 nitrogen and oxygen atoms in total. The van der Waals surface area contributed by atoms with Gasteiger partial charge in [0, 0.05) is 22.4 Å². The van der Waals surface area contributed by atoms with Crippen molar-refractivity contribution in [3.05, 3.63) is 41.1 Å². The topological polar surface area (TPSA) is 44.1 Å². The van der Waals surface area contributed by atoms with Crippen LogP contribution < -0.4 is 0 Å². The Hall–Kier alpha value is -1.62. The molecule has 0 aliphatic rings. The maximum Gasteiger partial charge on any atom is 0.328 e. The predicted molar refractivity (Wildman–Crippen MR) is 72.1 cm³/mol. The standard InChI is InChI=1S/C13H13BrN2O2/c1-9(13(17)18-2)16-8-7-15-12(16)10-3-5-11(14)6-4-10/h3-9H,1-2H3. The molecular formula is C13H13BrN2O2. The minimum Gasteiger partial charge on any atom is -0.467 e. The molecule has 1 aromatic heterocycles. The van der Waals surface area contributed by atoms with Crippen LogP contribution in [0.3, 0.4) is 0 Å². The summed E-state index contributed by atoms with van der Waals surface area (Å²) in [6.45, 7) is 1.79. The Morgan fingerprint density at radius 2 is 2.06 bits per heavy atom. The van der Waals surface area contributed by atoms with Crippen molar-refractivity contribution in [2.45, 2.75) is 13.0 Å². The number of carbonyl (C=O) groups is 1. The van der Waals surface area contributed by atoms with Gasteiger partial charge in [-0.25, -0.2) is 9.78 Å². The first-order valence-electron chi connectivity index (χ1n) is 5.50. The average molecular weight is 309 g/mol. The lowest BCUT2D eigenvalue weighted by Crippen LogP contribution is -2.18. The van der Waals surface area contributed by atoms with Gasteiger partial charge in [-0.3, -0.25) is 0 Å². The van der Waals surface area contributed by atoms with Crippen LogP contribution in [0.15, 0.2) is 41.1 Å². The van der Waals surface area contributed by atoms with Crippen LogP contribution in [0.5, 0.6) is 0 Å². The molecule has 0 aliphatic carbocycles. The van der Waals surface area contributed by atoms with Crippen LogP contribution in [-0.2, 0) is 9.53 Å². The fourth-order valence-corrected chi connectivity index (χ4v) is 2.00. The zero-order chi connectivity index (χ0) is 13.1. The summed E-state index contributed by atoms with van der Waals surface area (Å²) in [5.41, 5.74) is 0.957. The van der Waals surface area contributed by atoms with Crippen molar-refractivity contribution in [3.8, 4) is 11.4 Å². The summed E-state index contributed by atoms with van der Waals surface area (Å²) in [7, 11) is 1.38.